The highest BCUT2D eigenvalue weighted by Gasteiger charge is 2.40. The molecule has 0 bridgehead atoms. The van der Waals surface area contributed by atoms with Crippen LogP contribution in [0.1, 0.15) is 25.5 Å². The molecule has 3 nitrogen and oxygen atoms in total. The Labute approximate surface area is 116 Å². The van der Waals surface area contributed by atoms with Gasteiger partial charge in [-0.05, 0) is 51.8 Å². The highest BCUT2D eigenvalue weighted by molar-refractivity contribution is 9.12. The van der Waals surface area contributed by atoms with Gasteiger partial charge < -0.3 is 5.11 Å². The van der Waals surface area contributed by atoms with Crippen molar-refractivity contribution in [3.05, 3.63) is 19.2 Å². The Kier molecular flexibility index (Phi) is 4.28. The molecule has 92 valence electrons. The first-order valence-electron chi connectivity index (χ1n) is 4.39. The predicted molar refractivity (Wildman–Crippen MR) is 73.6 cm³/mol. The number of sulfone groups is 1. The highest BCUT2D eigenvalue weighted by Crippen LogP contribution is 2.41. The van der Waals surface area contributed by atoms with Crippen molar-refractivity contribution in [3.63, 3.8) is 0 Å². The first kappa shape index (κ1) is 14.6. The van der Waals surface area contributed by atoms with Crippen LogP contribution in [0.15, 0.2) is 13.6 Å². The molecule has 0 aliphatic rings. The standard InChI is InChI=1S/C9H12Br2O3S2/c1-9(2,16(3,13)14)7(12)5-4-6(10)15-8(5)11/h4,7,12H,1-3H3. The van der Waals surface area contributed by atoms with Gasteiger partial charge in [0.15, 0.2) is 9.84 Å². The van der Waals surface area contributed by atoms with Crippen LogP contribution >= 0.6 is 43.2 Å². The lowest BCUT2D eigenvalue weighted by Gasteiger charge is -2.28. The number of aliphatic hydroxyl groups excluding tert-OH is 1. The topological polar surface area (TPSA) is 54.4 Å². The van der Waals surface area contributed by atoms with Gasteiger partial charge in [-0.3, -0.25) is 0 Å². The molecule has 1 aromatic heterocycles. The minimum absolute atomic E-state index is 0.590. The van der Waals surface area contributed by atoms with Crippen LogP contribution in [-0.4, -0.2) is 24.5 Å². The molecule has 0 aliphatic heterocycles. The van der Waals surface area contributed by atoms with Gasteiger partial charge in [-0.15, -0.1) is 11.3 Å². The lowest BCUT2D eigenvalue weighted by Crippen LogP contribution is -2.37. The number of halogens is 2. The van der Waals surface area contributed by atoms with E-state index in [-0.39, 0.29) is 0 Å². The third-order valence-electron chi connectivity index (χ3n) is 2.59. The van der Waals surface area contributed by atoms with Crippen LogP contribution in [0, 0.1) is 0 Å². The fraction of sp³-hybridized carbons (Fsp3) is 0.556. The molecule has 0 aliphatic carbocycles. The zero-order valence-corrected chi connectivity index (χ0v) is 13.8. The fourth-order valence-corrected chi connectivity index (χ4v) is 4.53. The van der Waals surface area contributed by atoms with Gasteiger partial charge in [-0.25, -0.2) is 8.42 Å². The lowest BCUT2D eigenvalue weighted by molar-refractivity contribution is 0.139. The molecular formula is C9H12Br2O3S2. The molecule has 1 unspecified atom stereocenters. The zero-order valence-electron chi connectivity index (χ0n) is 8.99. The summed E-state index contributed by atoms with van der Waals surface area (Å²) in [6.07, 6.45) is 0.0744. The van der Waals surface area contributed by atoms with E-state index in [4.69, 9.17) is 0 Å². The monoisotopic (exact) mass is 390 g/mol. The van der Waals surface area contributed by atoms with Gasteiger partial charge in [-0.1, -0.05) is 0 Å². The van der Waals surface area contributed by atoms with Gasteiger partial charge in [0.1, 0.15) is 0 Å². The summed E-state index contributed by atoms with van der Waals surface area (Å²) in [7, 11) is -3.34. The molecule has 0 spiro atoms. The molecule has 1 aromatic rings. The van der Waals surface area contributed by atoms with Crippen molar-refractivity contribution >= 4 is 53.0 Å². The highest BCUT2D eigenvalue weighted by atomic mass is 79.9. The summed E-state index contributed by atoms with van der Waals surface area (Å²) in [6.45, 7) is 3.04. The Morgan fingerprint density at radius 2 is 1.94 bits per heavy atom. The molecule has 1 rings (SSSR count). The maximum Gasteiger partial charge on any atom is 0.155 e. The molecule has 0 aromatic carbocycles. The van der Waals surface area contributed by atoms with E-state index in [1.807, 2.05) is 0 Å². The number of hydrogen-bond donors (Lipinski definition) is 1. The summed E-state index contributed by atoms with van der Waals surface area (Å²) in [6, 6.07) is 1.73. The normalized spacial score (nSPS) is 15.1. The summed E-state index contributed by atoms with van der Waals surface area (Å²) in [5, 5.41) is 10.2. The number of thiophene rings is 1. The average molecular weight is 392 g/mol. The summed E-state index contributed by atoms with van der Waals surface area (Å²) >= 11 is 8.01. The van der Waals surface area contributed by atoms with Gasteiger partial charge in [0.25, 0.3) is 0 Å². The van der Waals surface area contributed by atoms with Crippen molar-refractivity contribution in [1.82, 2.24) is 0 Å². The van der Waals surface area contributed by atoms with Gasteiger partial charge in [0, 0.05) is 11.8 Å². The Balaban J connectivity index is 3.22. The van der Waals surface area contributed by atoms with E-state index in [9.17, 15) is 13.5 Å². The van der Waals surface area contributed by atoms with E-state index in [2.05, 4.69) is 31.9 Å². The molecule has 1 atom stereocenters. The summed E-state index contributed by atoms with van der Waals surface area (Å²) < 4.78 is 23.6. The lowest BCUT2D eigenvalue weighted by atomic mass is 10.0. The van der Waals surface area contributed by atoms with Gasteiger partial charge in [0.2, 0.25) is 0 Å². The third kappa shape index (κ3) is 2.69. The van der Waals surface area contributed by atoms with Crippen molar-refractivity contribution in [2.75, 3.05) is 6.26 Å². The third-order valence-corrected chi connectivity index (χ3v) is 7.11. The Bertz CT molecular complexity index is 491. The van der Waals surface area contributed by atoms with Crippen LogP contribution in [0.3, 0.4) is 0 Å². The molecule has 0 saturated heterocycles. The first-order chi connectivity index (χ1) is 7.07. The van der Waals surface area contributed by atoms with E-state index < -0.39 is 20.7 Å². The molecule has 0 amide bonds. The molecule has 0 radical (unpaired) electrons. The van der Waals surface area contributed by atoms with Gasteiger partial charge >= 0.3 is 0 Å². The molecule has 0 saturated carbocycles. The van der Waals surface area contributed by atoms with Crippen molar-refractivity contribution < 1.29 is 13.5 Å². The van der Waals surface area contributed by atoms with Crippen LogP contribution in [0.5, 0.6) is 0 Å². The Morgan fingerprint density at radius 3 is 2.25 bits per heavy atom. The van der Waals surface area contributed by atoms with Crippen LogP contribution in [0.25, 0.3) is 0 Å². The van der Waals surface area contributed by atoms with E-state index in [0.29, 0.717) is 5.56 Å². The number of rotatable bonds is 3. The SMILES string of the molecule is CC(C)(C(O)c1cc(Br)sc1Br)S(C)(=O)=O. The molecule has 0 fully saturated rings. The number of aliphatic hydroxyl groups is 1. The van der Waals surface area contributed by atoms with Crippen molar-refractivity contribution in [2.45, 2.75) is 24.7 Å². The van der Waals surface area contributed by atoms with Crippen LogP contribution in [0.4, 0.5) is 0 Å². The average Bonchev–Trinajstić information content (AvgIpc) is 2.41. The second kappa shape index (κ2) is 4.68. The largest absolute Gasteiger partial charge is 0.387 e. The molecular weight excluding hydrogens is 380 g/mol. The minimum atomic E-state index is -3.34. The van der Waals surface area contributed by atoms with E-state index >= 15 is 0 Å². The van der Waals surface area contributed by atoms with E-state index in [1.54, 1.807) is 6.07 Å². The minimum Gasteiger partial charge on any atom is -0.387 e. The Morgan fingerprint density at radius 1 is 1.44 bits per heavy atom. The smallest absolute Gasteiger partial charge is 0.155 e. The van der Waals surface area contributed by atoms with Gasteiger partial charge in [0.05, 0.1) is 18.4 Å². The quantitative estimate of drug-likeness (QED) is 0.860. The van der Waals surface area contributed by atoms with E-state index in [1.165, 1.54) is 25.2 Å². The van der Waals surface area contributed by atoms with Crippen LogP contribution in [0.2, 0.25) is 0 Å². The Hall–Kier alpha value is 0.570. The molecule has 1 heterocycles. The molecule has 7 heteroatoms. The second-order valence-corrected chi connectivity index (χ2v) is 10.4. The molecule has 16 heavy (non-hydrogen) atoms. The first-order valence-corrected chi connectivity index (χ1v) is 8.69. The van der Waals surface area contributed by atoms with Crippen molar-refractivity contribution in [1.29, 1.82) is 0 Å². The number of hydrogen-bond acceptors (Lipinski definition) is 4. The maximum absolute atomic E-state index is 11.6. The second-order valence-electron chi connectivity index (χ2n) is 4.06. The maximum atomic E-state index is 11.6. The van der Waals surface area contributed by atoms with Crippen molar-refractivity contribution in [2.24, 2.45) is 0 Å². The molecule has 1 N–H and O–H groups in total. The van der Waals surface area contributed by atoms with E-state index in [0.717, 1.165) is 13.8 Å². The summed E-state index contributed by atoms with van der Waals surface area (Å²) in [5.74, 6) is 0. The predicted octanol–water partition coefficient (Wildman–Crippen LogP) is 3.13. The van der Waals surface area contributed by atoms with Crippen LogP contribution < -0.4 is 0 Å². The van der Waals surface area contributed by atoms with Crippen LogP contribution in [-0.2, 0) is 9.84 Å². The van der Waals surface area contributed by atoms with Crippen molar-refractivity contribution in [3.8, 4) is 0 Å². The van der Waals surface area contributed by atoms with Gasteiger partial charge in [-0.2, -0.15) is 0 Å². The summed E-state index contributed by atoms with van der Waals surface area (Å²) in [5.41, 5.74) is 0.590. The zero-order chi connectivity index (χ0) is 12.7. The summed E-state index contributed by atoms with van der Waals surface area (Å²) in [4.78, 5) is 0. The fourth-order valence-electron chi connectivity index (χ4n) is 1.12.